The minimum atomic E-state index is -0.00904. The highest BCUT2D eigenvalue weighted by atomic mass is 32.1. The van der Waals surface area contributed by atoms with Crippen molar-refractivity contribution in [3.05, 3.63) is 82.2 Å². The number of hydrogen-bond acceptors (Lipinski definition) is 3. The molecule has 4 rings (SSSR count). The molecule has 0 fully saturated rings. The van der Waals surface area contributed by atoms with Crippen LogP contribution in [0.2, 0.25) is 0 Å². The minimum Gasteiger partial charge on any atom is -0.347 e. The van der Waals surface area contributed by atoms with E-state index >= 15 is 0 Å². The molecule has 2 heterocycles. The summed E-state index contributed by atoms with van der Waals surface area (Å²) in [5, 5.41) is 4.15. The molecule has 0 saturated carbocycles. The van der Waals surface area contributed by atoms with Crippen molar-refractivity contribution < 1.29 is 4.79 Å². The number of carbonyl (C=O) groups excluding carboxylic acids is 1. The summed E-state index contributed by atoms with van der Waals surface area (Å²) in [5.41, 5.74) is 4.97. The van der Waals surface area contributed by atoms with E-state index in [1.54, 1.807) is 11.3 Å². The van der Waals surface area contributed by atoms with Crippen molar-refractivity contribution >= 4 is 27.9 Å². The van der Waals surface area contributed by atoms with Crippen LogP contribution in [0.15, 0.2) is 60.7 Å². The summed E-state index contributed by atoms with van der Waals surface area (Å²) in [5.74, 6) is -0.00904. The highest BCUT2D eigenvalue weighted by molar-refractivity contribution is 7.18. The number of nitrogens with zero attached hydrogens (tertiary/aromatic N) is 1. The van der Waals surface area contributed by atoms with Crippen molar-refractivity contribution in [2.45, 2.75) is 19.9 Å². The van der Waals surface area contributed by atoms with Crippen molar-refractivity contribution in [3.8, 4) is 0 Å². The lowest BCUT2D eigenvalue weighted by molar-refractivity contribution is 0.0955. The molecule has 4 heteroatoms. The van der Waals surface area contributed by atoms with E-state index in [1.807, 2.05) is 24.3 Å². The topological polar surface area (TPSA) is 32.3 Å². The molecule has 0 saturated heterocycles. The number of carbonyl (C=O) groups is 1. The van der Waals surface area contributed by atoms with E-state index in [0.29, 0.717) is 6.54 Å². The first-order chi connectivity index (χ1) is 12.2. The second kappa shape index (κ2) is 6.73. The number of amides is 1. The van der Waals surface area contributed by atoms with Gasteiger partial charge in [0.1, 0.15) is 0 Å². The molecule has 3 nitrogen and oxygen atoms in total. The van der Waals surface area contributed by atoms with E-state index in [9.17, 15) is 4.79 Å². The standard InChI is InChI=1S/C21H20N2OS/c1-15-5-4-6-16(13-15)14-22-21(24)19-9-10-20(25-19)23-12-11-17-7-2-3-8-18(17)23/h2-10,13H,11-12,14H2,1H3,(H,22,24). The normalized spacial score (nSPS) is 12.9. The molecule has 0 unspecified atom stereocenters. The van der Waals surface area contributed by atoms with Crippen molar-refractivity contribution in [2.75, 3.05) is 11.4 Å². The number of aryl methyl sites for hydroxylation is 1. The Morgan fingerprint density at radius 2 is 2.00 bits per heavy atom. The number of thiophene rings is 1. The Morgan fingerprint density at radius 1 is 1.12 bits per heavy atom. The molecule has 25 heavy (non-hydrogen) atoms. The van der Waals surface area contributed by atoms with Crippen LogP contribution in [0.5, 0.6) is 0 Å². The van der Waals surface area contributed by atoms with Gasteiger partial charge < -0.3 is 10.2 Å². The molecule has 126 valence electrons. The Balaban J connectivity index is 1.45. The van der Waals surface area contributed by atoms with Crippen LogP contribution < -0.4 is 10.2 Å². The summed E-state index contributed by atoms with van der Waals surface area (Å²) in [6, 6.07) is 20.7. The molecule has 1 aliphatic heterocycles. The minimum absolute atomic E-state index is 0.00904. The quantitative estimate of drug-likeness (QED) is 0.742. The first-order valence-electron chi connectivity index (χ1n) is 8.50. The van der Waals surface area contributed by atoms with Crippen LogP contribution in [0.4, 0.5) is 10.7 Å². The third-order valence-corrected chi connectivity index (χ3v) is 5.61. The van der Waals surface area contributed by atoms with Gasteiger partial charge >= 0.3 is 0 Å². The zero-order chi connectivity index (χ0) is 17.2. The summed E-state index contributed by atoms with van der Waals surface area (Å²) in [6.45, 7) is 3.59. The van der Waals surface area contributed by atoms with Crippen molar-refractivity contribution in [1.82, 2.24) is 5.32 Å². The summed E-state index contributed by atoms with van der Waals surface area (Å²) >= 11 is 1.55. The van der Waals surface area contributed by atoms with E-state index in [2.05, 4.69) is 53.5 Å². The van der Waals surface area contributed by atoms with Crippen LogP contribution in [0.3, 0.4) is 0 Å². The van der Waals surface area contributed by atoms with Crippen LogP contribution in [-0.4, -0.2) is 12.5 Å². The highest BCUT2D eigenvalue weighted by Gasteiger charge is 2.22. The number of benzene rings is 2. The van der Waals surface area contributed by atoms with Gasteiger partial charge in [0.2, 0.25) is 0 Å². The van der Waals surface area contributed by atoms with Crippen molar-refractivity contribution in [2.24, 2.45) is 0 Å². The van der Waals surface area contributed by atoms with Gasteiger partial charge in [-0.25, -0.2) is 0 Å². The maximum Gasteiger partial charge on any atom is 0.261 e. The number of nitrogens with one attached hydrogen (secondary N) is 1. The fourth-order valence-electron chi connectivity index (χ4n) is 3.25. The second-order valence-electron chi connectivity index (χ2n) is 6.34. The van der Waals surface area contributed by atoms with Gasteiger partial charge in [-0.15, -0.1) is 11.3 Å². The average molecular weight is 348 g/mol. The second-order valence-corrected chi connectivity index (χ2v) is 7.40. The Bertz CT molecular complexity index is 916. The third-order valence-electron chi connectivity index (χ3n) is 4.50. The monoisotopic (exact) mass is 348 g/mol. The van der Waals surface area contributed by atoms with Gasteiger partial charge in [-0.05, 0) is 42.7 Å². The molecule has 0 spiro atoms. The lowest BCUT2D eigenvalue weighted by Gasteiger charge is -2.16. The van der Waals surface area contributed by atoms with Crippen LogP contribution in [0.1, 0.15) is 26.4 Å². The smallest absolute Gasteiger partial charge is 0.261 e. The van der Waals surface area contributed by atoms with Gasteiger partial charge in [-0.1, -0.05) is 48.0 Å². The highest BCUT2D eigenvalue weighted by Crippen LogP contribution is 2.38. The van der Waals surface area contributed by atoms with Crippen molar-refractivity contribution in [3.63, 3.8) is 0 Å². The number of rotatable bonds is 4. The van der Waals surface area contributed by atoms with Crippen LogP contribution >= 0.6 is 11.3 Å². The zero-order valence-electron chi connectivity index (χ0n) is 14.2. The Labute approximate surface area is 151 Å². The molecule has 3 aromatic rings. The SMILES string of the molecule is Cc1cccc(CNC(=O)c2ccc(N3CCc4ccccc43)s2)c1. The predicted molar refractivity (Wildman–Crippen MR) is 104 cm³/mol. The zero-order valence-corrected chi connectivity index (χ0v) is 15.0. The maximum absolute atomic E-state index is 12.5. The van der Waals surface area contributed by atoms with Gasteiger partial charge in [-0.2, -0.15) is 0 Å². The molecular weight excluding hydrogens is 328 g/mol. The maximum atomic E-state index is 12.5. The number of hydrogen-bond donors (Lipinski definition) is 1. The Hall–Kier alpha value is -2.59. The predicted octanol–water partition coefficient (Wildman–Crippen LogP) is 4.68. The molecule has 1 amide bonds. The first kappa shape index (κ1) is 15.9. The molecule has 0 radical (unpaired) electrons. The third kappa shape index (κ3) is 3.30. The molecule has 0 atom stereocenters. The molecule has 1 N–H and O–H groups in total. The average Bonchev–Trinajstić information content (AvgIpc) is 3.26. The summed E-state index contributed by atoms with van der Waals surface area (Å²) in [4.78, 5) is 15.5. The molecular formula is C21H20N2OS. The van der Waals surface area contributed by atoms with E-state index < -0.39 is 0 Å². The summed E-state index contributed by atoms with van der Waals surface area (Å²) in [6.07, 6.45) is 1.06. The van der Waals surface area contributed by atoms with Gasteiger partial charge in [0.25, 0.3) is 5.91 Å². The Kier molecular flexibility index (Phi) is 4.28. The van der Waals surface area contributed by atoms with E-state index in [4.69, 9.17) is 0 Å². The number of para-hydroxylation sites is 1. The van der Waals surface area contributed by atoms with Crippen LogP contribution in [0.25, 0.3) is 0 Å². The molecule has 0 bridgehead atoms. The summed E-state index contributed by atoms with van der Waals surface area (Å²) in [7, 11) is 0. The summed E-state index contributed by atoms with van der Waals surface area (Å²) < 4.78 is 0. The number of anilines is 2. The number of fused-ring (bicyclic) bond motifs is 1. The van der Waals surface area contributed by atoms with Gasteiger partial charge in [0, 0.05) is 18.8 Å². The van der Waals surface area contributed by atoms with Crippen LogP contribution in [-0.2, 0) is 13.0 Å². The Morgan fingerprint density at radius 3 is 2.88 bits per heavy atom. The largest absolute Gasteiger partial charge is 0.347 e. The first-order valence-corrected chi connectivity index (χ1v) is 9.31. The fourth-order valence-corrected chi connectivity index (χ4v) is 4.22. The van der Waals surface area contributed by atoms with Crippen molar-refractivity contribution in [1.29, 1.82) is 0 Å². The molecule has 0 aliphatic carbocycles. The van der Waals surface area contributed by atoms with E-state index in [1.165, 1.54) is 16.8 Å². The molecule has 2 aromatic carbocycles. The van der Waals surface area contributed by atoms with E-state index in [0.717, 1.165) is 28.4 Å². The van der Waals surface area contributed by atoms with E-state index in [-0.39, 0.29) is 5.91 Å². The van der Waals surface area contributed by atoms with Gasteiger partial charge in [-0.3, -0.25) is 4.79 Å². The molecule has 1 aliphatic rings. The van der Waals surface area contributed by atoms with Crippen LogP contribution in [0, 0.1) is 6.92 Å². The molecule has 1 aromatic heterocycles. The fraction of sp³-hybridized carbons (Fsp3) is 0.190. The van der Waals surface area contributed by atoms with Gasteiger partial charge in [0.05, 0.1) is 9.88 Å². The van der Waals surface area contributed by atoms with Gasteiger partial charge in [0.15, 0.2) is 0 Å². The lowest BCUT2D eigenvalue weighted by atomic mass is 10.1. The lowest BCUT2D eigenvalue weighted by Crippen LogP contribution is -2.21.